The SMILES string of the molecule is CCOC(=O)C1=C(CN2CCOC[C@H]2C(=O)O)NC(c2nccs2)=N[C@H]1c1ccc(C#N)cc1. The molecule has 2 aliphatic heterocycles. The normalized spacial score (nSPS) is 20.8. The number of hydrogen-bond acceptors (Lipinski definition) is 10. The molecule has 2 N–H and O–H groups in total. The number of benzene rings is 1. The molecule has 34 heavy (non-hydrogen) atoms. The van der Waals surface area contributed by atoms with E-state index in [4.69, 9.17) is 19.7 Å². The van der Waals surface area contributed by atoms with Gasteiger partial charge in [0, 0.05) is 30.4 Å². The van der Waals surface area contributed by atoms with Gasteiger partial charge in [0.05, 0.1) is 37.0 Å². The summed E-state index contributed by atoms with van der Waals surface area (Å²) in [7, 11) is 0. The van der Waals surface area contributed by atoms with Crippen molar-refractivity contribution in [3.63, 3.8) is 0 Å². The minimum Gasteiger partial charge on any atom is -0.480 e. The molecule has 11 heteroatoms. The number of esters is 1. The van der Waals surface area contributed by atoms with Gasteiger partial charge in [0.2, 0.25) is 0 Å². The minimum absolute atomic E-state index is 0.0594. The summed E-state index contributed by atoms with van der Waals surface area (Å²) in [6, 6.07) is 7.37. The van der Waals surface area contributed by atoms with Crippen LogP contribution in [0.4, 0.5) is 0 Å². The molecule has 0 amide bonds. The summed E-state index contributed by atoms with van der Waals surface area (Å²) < 4.78 is 10.7. The Bertz CT molecular complexity index is 1150. The lowest BCUT2D eigenvalue weighted by atomic mass is 9.94. The van der Waals surface area contributed by atoms with Crippen molar-refractivity contribution in [2.24, 2.45) is 4.99 Å². The number of carbonyl (C=O) groups is 2. The predicted molar refractivity (Wildman–Crippen MR) is 123 cm³/mol. The van der Waals surface area contributed by atoms with E-state index in [1.165, 1.54) is 11.3 Å². The van der Waals surface area contributed by atoms with Crippen molar-refractivity contribution in [3.05, 3.63) is 63.2 Å². The number of morpholine rings is 1. The number of carboxylic acid groups (broad SMARTS) is 1. The third-order valence-corrected chi connectivity index (χ3v) is 6.28. The van der Waals surface area contributed by atoms with Gasteiger partial charge in [-0.25, -0.2) is 9.78 Å². The molecule has 0 aliphatic carbocycles. The highest BCUT2D eigenvalue weighted by Gasteiger charge is 2.36. The molecular formula is C23H23N5O5S. The summed E-state index contributed by atoms with van der Waals surface area (Å²) in [5.41, 5.74) is 1.98. The summed E-state index contributed by atoms with van der Waals surface area (Å²) in [5, 5.41) is 24.5. The molecule has 1 fully saturated rings. The van der Waals surface area contributed by atoms with E-state index < -0.39 is 24.0 Å². The second kappa shape index (κ2) is 10.6. The molecule has 1 aromatic heterocycles. The van der Waals surface area contributed by atoms with Gasteiger partial charge in [0.1, 0.15) is 12.1 Å². The summed E-state index contributed by atoms with van der Waals surface area (Å²) in [5.74, 6) is -1.06. The fraction of sp³-hybridized carbons (Fsp3) is 0.348. The summed E-state index contributed by atoms with van der Waals surface area (Å²) in [6.07, 6.45) is 1.66. The maximum absolute atomic E-state index is 13.2. The van der Waals surface area contributed by atoms with Crippen molar-refractivity contribution in [1.29, 1.82) is 5.26 Å². The Kier molecular flexibility index (Phi) is 7.32. The second-order valence-corrected chi connectivity index (χ2v) is 8.48. The zero-order chi connectivity index (χ0) is 24.1. The Morgan fingerprint density at radius 3 is 2.82 bits per heavy atom. The topological polar surface area (TPSA) is 137 Å². The van der Waals surface area contributed by atoms with Crippen LogP contribution in [-0.4, -0.2) is 71.7 Å². The maximum atomic E-state index is 13.2. The van der Waals surface area contributed by atoms with Crippen LogP contribution < -0.4 is 5.32 Å². The average Bonchev–Trinajstić information content (AvgIpc) is 3.39. The number of ether oxygens (including phenoxy) is 2. The lowest BCUT2D eigenvalue weighted by molar-refractivity contribution is -0.149. The lowest BCUT2D eigenvalue weighted by Crippen LogP contribution is -2.52. The number of thiazole rings is 1. The molecule has 3 heterocycles. The summed E-state index contributed by atoms with van der Waals surface area (Å²) >= 11 is 1.39. The molecule has 0 saturated carbocycles. The van der Waals surface area contributed by atoms with Crippen LogP contribution in [0.2, 0.25) is 0 Å². The summed E-state index contributed by atoms with van der Waals surface area (Å²) in [6.45, 7) is 2.89. The third-order valence-electron chi connectivity index (χ3n) is 5.50. The molecule has 2 atom stereocenters. The highest BCUT2D eigenvalue weighted by atomic mass is 32.1. The van der Waals surface area contributed by atoms with Gasteiger partial charge in [-0.05, 0) is 24.6 Å². The van der Waals surface area contributed by atoms with E-state index >= 15 is 0 Å². The Labute approximate surface area is 200 Å². The molecular weight excluding hydrogens is 458 g/mol. The van der Waals surface area contributed by atoms with Crippen LogP contribution in [0.5, 0.6) is 0 Å². The molecule has 10 nitrogen and oxygen atoms in total. The molecule has 0 bridgehead atoms. The highest BCUT2D eigenvalue weighted by molar-refractivity contribution is 7.11. The number of carboxylic acids is 1. The largest absolute Gasteiger partial charge is 0.480 e. The maximum Gasteiger partial charge on any atom is 0.338 e. The molecule has 4 rings (SSSR count). The van der Waals surface area contributed by atoms with Gasteiger partial charge < -0.3 is 19.9 Å². The number of amidine groups is 1. The monoisotopic (exact) mass is 481 g/mol. The van der Waals surface area contributed by atoms with Crippen LogP contribution >= 0.6 is 11.3 Å². The number of nitrogens with one attached hydrogen (secondary N) is 1. The molecule has 1 aromatic carbocycles. The van der Waals surface area contributed by atoms with Crippen LogP contribution in [0, 0.1) is 11.3 Å². The van der Waals surface area contributed by atoms with Gasteiger partial charge in [0.15, 0.2) is 10.8 Å². The van der Waals surface area contributed by atoms with Crippen molar-refractivity contribution in [2.75, 3.05) is 32.9 Å². The predicted octanol–water partition coefficient (Wildman–Crippen LogP) is 1.71. The number of hydrogen-bond donors (Lipinski definition) is 2. The Hall–Kier alpha value is -3.59. The Morgan fingerprint density at radius 1 is 1.38 bits per heavy atom. The van der Waals surface area contributed by atoms with Crippen LogP contribution in [0.25, 0.3) is 0 Å². The number of carbonyl (C=O) groups excluding carboxylic acids is 1. The highest BCUT2D eigenvalue weighted by Crippen LogP contribution is 2.33. The molecule has 1 saturated heterocycles. The van der Waals surface area contributed by atoms with Crippen LogP contribution in [-0.2, 0) is 19.1 Å². The number of aliphatic imine (C=N–C) groups is 1. The molecule has 0 unspecified atom stereocenters. The van der Waals surface area contributed by atoms with Gasteiger partial charge in [-0.15, -0.1) is 11.3 Å². The van der Waals surface area contributed by atoms with Crippen LogP contribution in [0.15, 0.2) is 52.1 Å². The van der Waals surface area contributed by atoms with Crippen LogP contribution in [0.3, 0.4) is 0 Å². The fourth-order valence-electron chi connectivity index (χ4n) is 3.86. The minimum atomic E-state index is -0.994. The second-order valence-electron chi connectivity index (χ2n) is 7.59. The Balaban J connectivity index is 1.80. The van der Waals surface area contributed by atoms with E-state index in [0.717, 1.165) is 0 Å². The van der Waals surface area contributed by atoms with Crippen molar-refractivity contribution >= 4 is 29.1 Å². The average molecular weight is 482 g/mol. The van der Waals surface area contributed by atoms with E-state index in [2.05, 4.69) is 16.4 Å². The van der Waals surface area contributed by atoms with Gasteiger partial charge >= 0.3 is 11.9 Å². The van der Waals surface area contributed by atoms with E-state index in [1.54, 1.807) is 42.3 Å². The molecule has 0 spiro atoms. The van der Waals surface area contributed by atoms with Crippen molar-refractivity contribution in [1.82, 2.24) is 15.2 Å². The lowest BCUT2D eigenvalue weighted by Gasteiger charge is -2.35. The number of aromatic nitrogens is 1. The smallest absolute Gasteiger partial charge is 0.338 e. The summed E-state index contributed by atoms with van der Waals surface area (Å²) in [4.78, 5) is 35.8. The Morgan fingerprint density at radius 2 is 2.18 bits per heavy atom. The zero-order valence-electron chi connectivity index (χ0n) is 18.4. The number of nitrogens with zero attached hydrogens (tertiary/aromatic N) is 4. The first-order chi connectivity index (χ1) is 16.5. The number of nitriles is 1. The molecule has 0 radical (unpaired) electrons. The quantitative estimate of drug-likeness (QED) is 0.566. The van der Waals surface area contributed by atoms with E-state index in [-0.39, 0.29) is 19.8 Å². The third kappa shape index (κ3) is 4.99. The van der Waals surface area contributed by atoms with Crippen molar-refractivity contribution in [2.45, 2.75) is 19.0 Å². The van der Waals surface area contributed by atoms with Gasteiger partial charge in [0.25, 0.3) is 0 Å². The molecule has 2 aliphatic rings. The van der Waals surface area contributed by atoms with E-state index in [9.17, 15) is 14.7 Å². The zero-order valence-corrected chi connectivity index (χ0v) is 19.2. The standard InChI is InChI=1S/C23H23N5O5S/c1-2-33-23(31)18-16(12-28-8-9-32-13-17(28)22(29)30)26-20(21-25-7-10-34-21)27-19(18)15-5-3-14(11-24)4-6-15/h3-7,10,17,19H,2,8-9,12-13H2,1H3,(H,26,27)(H,29,30)/t17-,19-/m0/s1. The fourth-order valence-corrected chi connectivity index (χ4v) is 4.45. The first-order valence-corrected chi connectivity index (χ1v) is 11.6. The molecule has 176 valence electrons. The van der Waals surface area contributed by atoms with Gasteiger partial charge in [-0.1, -0.05) is 12.1 Å². The first kappa shape index (κ1) is 23.6. The van der Waals surface area contributed by atoms with Gasteiger partial charge in [-0.2, -0.15) is 5.26 Å². The van der Waals surface area contributed by atoms with Crippen LogP contribution in [0.1, 0.15) is 29.1 Å². The molecule has 2 aromatic rings. The van der Waals surface area contributed by atoms with E-state index in [1.807, 2.05) is 5.38 Å². The first-order valence-electron chi connectivity index (χ1n) is 10.7. The van der Waals surface area contributed by atoms with E-state index in [0.29, 0.717) is 46.4 Å². The number of aliphatic carboxylic acids is 1. The van der Waals surface area contributed by atoms with Gasteiger partial charge in [-0.3, -0.25) is 14.7 Å². The number of rotatable bonds is 7. The van der Waals surface area contributed by atoms with Crippen molar-refractivity contribution < 1.29 is 24.2 Å². The van der Waals surface area contributed by atoms with Crippen molar-refractivity contribution in [3.8, 4) is 6.07 Å².